The maximum Gasteiger partial charge on any atom is 0.408 e. The lowest BCUT2D eigenvalue weighted by Gasteiger charge is -2.41. The molecule has 0 aromatic heterocycles. The van der Waals surface area contributed by atoms with Crippen LogP contribution >= 0.6 is 9.24 Å². The van der Waals surface area contributed by atoms with Crippen molar-refractivity contribution in [3.8, 4) is 0 Å². The summed E-state index contributed by atoms with van der Waals surface area (Å²) in [6.07, 6.45) is 7.06. The third kappa shape index (κ3) is 4.42. The SMILES string of the molecule is CC1=CC(N(C)C(=O)C23CC2(OC(=O)NC2CN(c4cc(F)c(C5CCC(=O)NC5=O)c(P)c4)C2)C3)=CCC1. The highest BCUT2D eigenvalue weighted by Crippen LogP contribution is 2.81. The van der Waals surface area contributed by atoms with E-state index in [1.54, 1.807) is 18.0 Å². The Hall–Kier alpha value is -3.26. The Kier molecular flexibility index (Phi) is 6.10. The number of nitrogens with one attached hydrogen (secondary N) is 2. The number of hydrogen-bond acceptors (Lipinski definition) is 6. The van der Waals surface area contributed by atoms with Crippen LogP contribution < -0.4 is 20.8 Å². The van der Waals surface area contributed by atoms with Crippen LogP contribution in [-0.2, 0) is 19.1 Å². The average Bonchev–Trinajstić information content (AvgIpc) is 3.67. The Morgan fingerprint density at radius 2 is 1.97 bits per heavy atom. The molecule has 2 saturated heterocycles. The minimum atomic E-state index is -0.701. The Morgan fingerprint density at radius 1 is 1.23 bits per heavy atom. The highest BCUT2D eigenvalue weighted by atomic mass is 31.0. The highest BCUT2D eigenvalue weighted by molar-refractivity contribution is 7.27. The Morgan fingerprint density at radius 3 is 2.64 bits per heavy atom. The van der Waals surface area contributed by atoms with Crippen LogP contribution in [0.4, 0.5) is 14.9 Å². The van der Waals surface area contributed by atoms with Gasteiger partial charge in [-0.15, -0.1) is 9.24 Å². The van der Waals surface area contributed by atoms with Crippen molar-refractivity contribution in [2.75, 3.05) is 25.0 Å². The molecule has 0 radical (unpaired) electrons. The molecule has 1 aromatic rings. The number of benzene rings is 1. The van der Waals surface area contributed by atoms with E-state index in [0.29, 0.717) is 36.9 Å². The van der Waals surface area contributed by atoms with Gasteiger partial charge in [0.1, 0.15) is 11.4 Å². The third-order valence-corrected chi connectivity index (χ3v) is 9.25. The number of rotatable bonds is 6. The summed E-state index contributed by atoms with van der Waals surface area (Å²) in [4.78, 5) is 53.0. The molecule has 2 unspecified atom stereocenters. The molecule has 4 fully saturated rings. The predicted molar refractivity (Wildman–Crippen MR) is 145 cm³/mol. The van der Waals surface area contributed by atoms with E-state index in [1.165, 1.54) is 11.6 Å². The number of imide groups is 1. The summed E-state index contributed by atoms with van der Waals surface area (Å²) in [6, 6.07) is 3.03. The number of carbonyl (C=O) groups is 4. The Labute approximate surface area is 228 Å². The molecule has 2 heterocycles. The second-order valence-electron chi connectivity index (χ2n) is 11.5. The fraction of sp³-hybridized carbons (Fsp3) is 0.500. The largest absolute Gasteiger partial charge is 0.442 e. The van der Waals surface area contributed by atoms with Crippen molar-refractivity contribution < 1.29 is 28.3 Å². The van der Waals surface area contributed by atoms with Gasteiger partial charge >= 0.3 is 6.09 Å². The van der Waals surface area contributed by atoms with Gasteiger partial charge in [0.15, 0.2) is 0 Å². The van der Waals surface area contributed by atoms with E-state index in [9.17, 15) is 19.2 Å². The highest BCUT2D eigenvalue weighted by Gasteiger charge is 2.91. The zero-order valence-electron chi connectivity index (χ0n) is 22.0. The molecule has 9 nitrogen and oxygen atoms in total. The first-order valence-electron chi connectivity index (χ1n) is 13.3. The van der Waals surface area contributed by atoms with Gasteiger partial charge in [0.2, 0.25) is 17.7 Å². The van der Waals surface area contributed by atoms with Crippen LogP contribution in [-0.4, -0.2) is 60.5 Å². The summed E-state index contributed by atoms with van der Waals surface area (Å²) in [5.74, 6) is -2.01. The summed E-state index contributed by atoms with van der Waals surface area (Å²) >= 11 is 0. The number of fused-ring (bicyclic) bond motifs is 1. The van der Waals surface area contributed by atoms with Gasteiger partial charge in [-0.3, -0.25) is 19.7 Å². The Balaban J connectivity index is 1.00. The van der Waals surface area contributed by atoms with Crippen molar-refractivity contribution in [2.24, 2.45) is 5.41 Å². The van der Waals surface area contributed by atoms with Crippen molar-refractivity contribution in [3.63, 3.8) is 0 Å². The fourth-order valence-corrected chi connectivity index (χ4v) is 6.66. The van der Waals surface area contributed by atoms with Crippen LogP contribution in [0, 0.1) is 11.2 Å². The van der Waals surface area contributed by atoms with Crippen LogP contribution in [0.5, 0.6) is 0 Å². The number of hydrogen-bond donors (Lipinski definition) is 2. The molecular weight excluding hydrogens is 522 g/mol. The molecule has 2 N–H and O–H groups in total. The number of likely N-dealkylation sites (N-methyl/N-ethyl adjacent to an activating group) is 1. The van der Waals surface area contributed by atoms with Gasteiger partial charge in [0.25, 0.3) is 0 Å². The number of amides is 4. The topological polar surface area (TPSA) is 108 Å². The minimum absolute atomic E-state index is 0.00154. The van der Waals surface area contributed by atoms with Gasteiger partial charge in [0, 0.05) is 56.3 Å². The molecule has 0 bridgehead atoms. The van der Waals surface area contributed by atoms with E-state index in [2.05, 4.69) is 32.9 Å². The molecule has 5 aliphatic rings. The first-order chi connectivity index (χ1) is 18.5. The van der Waals surface area contributed by atoms with E-state index in [0.717, 1.165) is 18.5 Å². The average molecular weight is 555 g/mol. The lowest BCUT2D eigenvalue weighted by molar-refractivity contribution is -0.134. The molecular formula is C28H32FN4O5P. The number of allylic oxidation sites excluding steroid dienone is 3. The van der Waals surface area contributed by atoms with E-state index in [4.69, 9.17) is 4.74 Å². The third-order valence-electron chi connectivity index (χ3n) is 8.78. The molecule has 1 aromatic carbocycles. The van der Waals surface area contributed by atoms with Crippen LogP contribution in [0.15, 0.2) is 35.6 Å². The van der Waals surface area contributed by atoms with E-state index >= 15 is 4.39 Å². The molecule has 11 heteroatoms. The molecule has 206 valence electrons. The van der Waals surface area contributed by atoms with Crippen molar-refractivity contribution in [2.45, 2.75) is 63.0 Å². The smallest absolute Gasteiger partial charge is 0.408 e. The quantitative estimate of drug-likeness (QED) is 0.413. The number of carbonyl (C=O) groups excluding carboxylic acids is 4. The molecule has 0 spiro atoms. The number of nitrogens with zero attached hydrogens (tertiary/aromatic N) is 2. The van der Waals surface area contributed by atoms with Crippen LogP contribution in [0.3, 0.4) is 0 Å². The Bertz CT molecular complexity index is 1340. The standard InChI is InChI=1S/C28H32FN4O5P/c1-15-4-3-5-17(8-15)32(2)25(36)27-13-28(27,14-27)38-26(37)30-16-11-33(12-16)18-9-20(29)23(21(39)10-18)19-6-7-22(34)31-24(19)35/h5,8-10,16,19H,3-4,6-7,11-14,39H2,1-2H3,(H,30,37)(H,31,34,35). The van der Waals surface area contributed by atoms with Crippen molar-refractivity contribution in [1.29, 1.82) is 0 Å². The molecule has 4 amide bonds. The molecule has 2 saturated carbocycles. The van der Waals surface area contributed by atoms with Gasteiger partial charge in [-0.2, -0.15) is 0 Å². The molecule has 39 heavy (non-hydrogen) atoms. The monoisotopic (exact) mass is 554 g/mol. The summed E-state index contributed by atoms with van der Waals surface area (Å²) < 4.78 is 20.8. The van der Waals surface area contributed by atoms with Crippen LogP contribution in [0.25, 0.3) is 0 Å². The number of halogens is 1. The van der Waals surface area contributed by atoms with Gasteiger partial charge in [0.05, 0.1) is 17.4 Å². The second kappa shape index (κ2) is 9.15. The van der Waals surface area contributed by atoms with Crippen molar-refractivity contribution in [1.82, 2.24) is 15.5 Å². The number of alkyl carbamates (subject to hydrolysis) is 1. The molecule has 2 aliphatic heterocycles. The first-order valence-corrected chi connectivity index (χ1v) is 13.9. The van der Waals surface area contributed by atoms with E-state index in [1.807, 2.05) is 11.0 Å². The number of ether oxygens (including phenoxy) is 1. The molecule has 2 atom stereocenters. The normalized spacial score (nSPS) is 29.3. The van der Waals surface area contributed by atoms with Gasteiger partial charge in [-0.25, -0.2) is 9.18 Å². The number of piperidine rings is 1. The van der Waals surface area contributed by atoms with E-state index < -0.39 is 34.8 Å². The fourth-order valence-electron chi connectivity index (χ4n) is 6.15. The second-order valence-corrected chi connectivity index (χ2v) is 12.1. The van der Waals surface area contributed by atoms with Crippen LogP contribution in [0.2, 0.25) is 0 Å². The van der Waals surface area contributed by atoms with Gasteiger partial charge < -0.3 is 19.9 Å². The van der Waals surface area contributed by atoms with Crippen molar-refractivity contribution >= 4 is 44.0 Å². The number of anilines is 1. The maximum atomic E-state index is 15.1. The molecule has 6 rings (SSSR count). The zero-order chi connectivity index (χ0) is 27.7. The summed E-state index contributed by atoms with van der Waals surface area (Å²) in [5, 5.41) is 5.71. The maximum absolute atomic E-state index is 15.1. The predicted octanol–water partition coefficient (Wildman–Crippen LogP) is 2.38. The first kappa shape index (κ1) is 26.0. The van der Waals surface area contributed by atoms with Gasteiger partial charge in [-0.05, 0) is 49.7 Å². The lowest BCUT2D eigenvalue weighted by atomic mass is 9.89. The minimum Gasteiger partial charge on any atom is -0.442 e. The summed E-state index contributed by atoms with van der Waals surface area (Å²) in [5.41, 5.74) is 1.80. The summed E-state index contributed by atoms with van der Waals surface area (Å²) in [7, 11) is 4.27. The van der Waals surface area contributed by atoms with Crippen molar-refractivity contribution in [3.05, 3.63) is 46.9 Å². The summed E-state index contributed by atoms with van der Waals surface area (Å²) in [6.45, 7) is 3.02. The molecule has 3 aliphatic carbocycles. The lowest BCUT2D eigenvalue weighted by Crippen LogP contribution is -2.59. The zero-order valence-corrected chi connectivity index (χ0v) is 23.2. The van der Waals surface area contributed by atoms with E-state index in [-0.39, 0.29) is 36.3 Å². The van der Waals surface area contributed by atoms with Gasteiger partial charge in [-0.1, -0.05) is 11.6 Å². The van der Waals surface area contributed by atoms with Crippen LogP contribution in [0.1, 0.15) is 56.9 Å².